The van der Waals surface area contributed by atoms with E-state index < -0.39 is 24.4 Å². The summed E-state index contributed by atoms with van der Waals surface area (Å²) in [6, 6.07) is 12.7. The minimum absolute atomic E-state index is 0.0159. The zero-order valence-electron chi connectivity index (χ0n) is 22.4. The molecule has 40 heavy (non-hydrogen) atoms. The maximum Gasteiger partial charge on any atom is 0.573 e. The molecule has 0 saturated carbocycles. The molecule has 216 valence electrons. The molecule has 4 rings (SSSR count). The molecule has 1 amide bonds. The largest absolute Gasteiger partial charge is 0.573 e. The van der Waals surface area contributed by atoms with E-state index in [4.69, 9.17) is 9.84 Å². The summed E-state index contributed by atoms with van der Waals surface area (Å²) in [5.41, 5.74) is 2.08. The van der Waals surface area contributed by atoms with Crippen molar-refractivity contribution in [2.45, 2.75) is 38.6 Å². The molecule has 3 aromatic rings. The van der Waals surface area contributed by atoms with Crippen molar-refractivity contribution >= 4 is 11.7 Å². The van der Waals surface area contributed by atoms with Crippen molar-refractivity contribution in [2.24, 2.45) is 0 Å². The van der Waals surface area contributed by atoms with E-state index in [-0.39, 0.29) is 43.0 Å². The Morgan fingerprint density at radius 1 is 1.05 bits per heavy atom. The molecule has 0 unspecified atom stereocenters. The fourth-order valence-corrected chi connectivity index (χ4v) is 4.41. The Labute approximate surface area is 229 Å². The molecule has 1 aliphatic heterocycles. The lowest BCUT2D eigenvalue weighted by Gasteiger charge is -2.38. The van der Waals surface area contributed by atoms with Crippen LogP contribution in [0.15, 0.2) is 48.5 Å². The maximum absolute atomic E-state index is 13.6. The second kappa shape index (κ2) is 12.1. The highest BCUT2D eigenvalue weighted by molar-refractivity contribution is 5.99. The van der Waals surface area contributed by atoms with Gasteiger partial charge in [-0.3, -0.25) is 14.3 Å². The average molecular weight is 564 g/mol. The maximum atomic E-state index is 13.6. The van der Waals surface area contributed by atoms with Gasteiger partial charge in [0.2, 0.25) is 6.35 Å². The first-order chi connectivity index (χ1) is 19.0. The number of carbonyl (C=O) groups is 1. The molecule has 13 heteroatoms. The van der Waals surface area contributed by atoms with Gasteiger partial charge in [0.05, 0.1) is 6.54 Å². The van der Waals surface area contributed by atoms with Crippen molar-refractivity contribution in [3.8, 4) is 17.5 Å². The number of fused-ring (bicyclic) bond motifs is 1. The molecule has 0 radical (unpaired) electrons. The third-order valence-corrected chi connectivity index (χ3v) is 6.25. The Hall–Kier alpha value is -3.81. The number of rotatable bonds is 11. The Morgan fingerprint density at radius 3 is 2.38 bits per heavy atom. The summed E-state index contributed by atoms with van der Waals surface area (Å²) >= 11 is 0. The molecule has 2 N–H and O–H groups in total. The Morgan fingerprint density at radius 2 is 1.73 bits per heavy atom. The predicted octanol–water partition coefficient (Wildman–Crippen LogP) is 3.62. The lowest BCUT2D eigenvalue weighted by atomic mass is 10.1. The fourth-order valence-electron chi connectivity index (χ4n) is 4.41. The standard InChI is InChI=1S/C27H32F3N5O5/c1-32(2)16-18-9-11-19(12-10-18)17-35-22-23(33(3)26(38)34(24(22)37)13-4-5-14-36)31-25(35)39-20-7-6-8-21(15-20)40-27(28,29)30/h6-12,15,26,36,38H,4-5,13-14,16-17H2,1-3H3/t26-/m1/s1. The van der Waals surface area contributed by atoms with Crippen molar-refractivity contribution < 1.29 is 37.7 Å². The van der Waals surface area contributed by atoms with Crippen LogP contribution >= 0.6 is 0 Å². The van der Waals surface area contributed by atoms with E-state index in [2.05, 4.69) is 9.72 Å². The van der Waals surface area contributed by atoms with Gasteiger partial charge in [0, 0.05) is 32.8 Å². The van der Waals surface area contributed by atoms with Crippen LogP contribution in [0.5, 0.6) is 17.5 Å². The highest BCUT2D eigenvalue weighted by atomic mass is 19.4. The van der Waals surface area contributed by atoms with Gasteiger partial charge in [-0.25, -0.2) is 0 Å². The minimum atomic E-state index is -4.88. The Kier molecular flexibility index (Phi) is 8.86. The number of amides is 1. The number of unbranched alkanes of at least 4 members (excludes halogenated alkanes) is 1. The van der Waals surface area contributed by atoms with Crippen molar-refractivity contribution in [3.05, 3.63) is 65.4 Å². The summed E-state index contributed by atoms with van der Waals surface area (Å²) in [6.45, 7) is 1.06. The number of aromatic nitrogens is 2. The minimum Gasteiger partial charge on any atom is -0.425 e. The number of carbonyl (C=O) groups excluding carboxylic acids is 1. The summed E-state index contributed by atoms with van der Waals surface area (Å²) in [7, 11) is 5.50. The SMILES string of the molecule is CN(C)Cc1ccc(Cn2c(Oc3cccc(OC(F)(F)F)c3)nc3c2C(=O)N(CCCCO)[C@H](O)N3C)cc1. The Balaban J connectivity index is 1.73. The summed E-state index contributed by atoms with van der Waals surface area (Å²) in [5.74, 6) is -0.776. The van der Waals surface area contributed by atoms with Crippen LogP contribution in [0.25, 0.3) is 0 Å². The molecule has 0 aliphatic carbocycles. The highest BCUT2D eigenvalue weighted by Crippen LogP contribution is 2.36. The molecule has 10 nitrogen and oxygen atoms in total. The summed E-state index contributed by atoms with van der Waals surface area (Å²) in [4.78, 5) is 22.8. The van der Waals surface area contributed by atoms with Crippen LogP contribution in [0, 0.1) is 0 Å². The van der Waals surface area contributed by atoms with Gasteiger partial charge in [0.1, 0.15) is 11.5 Å². The molecular weight excluding hydrogens is 531 g/mol. The Bertz CT molecular complexity index is 1310. The molecule has 0 bridgehead atoms. The van der Waals surface area contributed by atoms with E-state index in [0.717, 1.165) is 29.8 Å². The lowest BCUT2D eigenvalue weighted by Crippen LogP contribution is -2.54. The number of halogens is 3. The van der Waals surface area contributed by atoms with E-state index in [1.807, 2.05) is 43.3 Å². The number of anilines is 1. The summed E-state index contributed by atoms with van der Waals surface area (Å²) in [5, 5.41) is 20.0. The molecular formula is C27H32F3N5O5. The second-order valence-electron chi connectivity index (χ2n) is 9.72. The molecule has 0 saturated heterocycles. The second-order valence-corrected chi connectivity index (χ2v) is 9.72. The van der Waals surface area contributed by atoms with Crippen LogP contribution < -0.4 is 14.4 Å². The summed E-state index contributed by atoms with van der Waals surface area (Å²) < 4.78 is 49.7. The van der Waals surface area contributed by atoms with Gasteiger partial charge < -0.3 is 29.5 Å². The van der Waals surface area contributed by atoms with Gasteiger partial charge in [0.25, 0.3) is 5.91 Å². The van der Waals surface area contributed by atoms with Gasteiger partial charge in [-0.1, -0.05) is 30.3 Å². The number of alkyl halides is 3. The van der Waals surface area contributed by atoms with E-state index in [1.165, 1.54) is 26.5 Å². The number of aliphatic hydroxyl groups excluding tert-OH is 2. The van der Waals surface area contributed by atoms with E-state index in [1.54, 1.807) is 7.05 Å². The third-order valence-electron chi connectivity index (χ3n) is 6.25. The average Bonchev–Trinajstić information content (AvgIpc) is 3.22. The number of benzene rings is 2. The number of aliphatic hydroxyl groups is 2. The molecule has 0 spiro atoms. The smallest absolute Gasteiger partial charge is 0.425 e. The van der Waals surface area contributed by atoms with Crippen molar-refractivity contribution in [1.29, 1.82) is 0 Å². The quantitative estimate of drug-likeness (QED) is 0.341. The number of imidazole rings is 1. The zero-order chi connectivity index (χ0) is 29.0. The van der Waals surface area contributed by atoms with Crippen LogP contribution in [0.1, 0.15) is 34.5 Å². The zero-order valence-corrected chi connectivity index (χ0v) is 22.4. The monoisotopic (exact) mass is 563 g/mol. The first-order valence-electron chi connectivity index (χ1n) is 12.7. The van der Waals surface area contributed by atoms with Crippen LogP contribution in [-0.2, 0) is 13.1 Å². The van der Waals surface area contributed by atoms with E-state index >= 15 is 0 Å². The van der Waals surface area contributed by atoms with Crippen molar-refractivity contribution in [2.75, 3.05) is 39.2 Å². The summed E-state index contributed by atoms with van der Waals surface area (Å²) in [6.07, 6.45) is -5.25. The fraction of sp³-hybridized carbons (Fsp3) is 0.407. The van der Waals surface area contributed by atoms with Crippen LogP contribution in [0.3, 0.4) is 0 Å². The first kappa shape index (κ1) is 29.2. The van der Waals surface area contributed by atoms with Gasteiger partial charge in [0.15, 0.2) is 11.5 Å². The van der Waals surface area contributed by atoms with Crippen molar-refractivity contribution in [1.82, 2.24) is 19.4 Å². The van der Waals surface area contributed by atoms with Gasteiger partial charge in [-0.15, -0.1) is 13.2 Å². The van der Waals surface area contributed by atoms with Crippen LogP contribution in [0.4, 0.5) is 19.0 Å². The number of ether oxygens (including phenoxy) is 2. The topological polar surface area (TPSA) is 104 Å². The molecule has 2 aromatic carbocycles. The molecule has 2 heterocycles. The molecule has 1 atom stereocenters. The van der Waals surface area contributed by atoms with E-state index in [0.29, 0.717) is 12.8 Å². The molecule has 1 aromatic heterocycles. The van der Waals surface area contributed by atoms with Crippen LogP contribution in [0.2, 0.25) is 0 Å². The molecule has 1 aliphatic rings. The number of hydrogen-bond acceptors (Lipinski definition) is 8. The third kappa shape index (κ3) is 6.84. The van der Waals surface area contributed by atoms with Crippen LogP contribution in [-0.4, -0.2) is 82.5 Å². The number of hydrogen-bond donors (Lipinski definition) is 2. The van der Waals surface area contributed by atoms with Gasteiger partial charge in [-0.2, -0.15) is 4.98 Å². The normalized spacial score (nSPS) is 15.5. The molecule has 0 fully saturated rings. The number of nitrogens with zero attached hydrogens (tertiary/aromatic N) is 5. The van der Waals surface area contributed by atoms with E-state index in [9.17, 15) is 23.1 Å². The first-order valence-corrected chi connectivity index (χ1v) is 12.7. The predicted molar refractivity (Wildman–Crippen MR) is 140 cm³/mol. The van der Waals surface area contributed by atoms with Crippen molar-refractivity contribution in [3.63, 3.8) is 0 Å². The van der Waals surface area contributed by atoms with Gasteiger partial charge in [-0.05, 0) is 50.2 Å². The van der Waals surface area contributed by atoms with Gasteiger partial charge >= 0.3 is 12.4 Å². The highest BCUT2D eigenvalue weighted by Gasteiger charge is 2.40. The lowest BCUT2D eigenvalue weighted by molar-refractivity contribution is -0.274.